The van der Waals surface area contributed by atoms with Gasteiger partial charge in [0.1, 0.15) is 0 Å². The van der Waals surface area contributed by atoms with E-state index in [1.54, 1.807) is 0 Å². The van der Waals surface area contributed by atoms with Crippen LogP contribution < -0.4 is 0 Å². The molecule has 0 aliphatic carbocycles. The first-order valence-corrected chi connectivity index (χ1v) is 8.56. The van der Waals surface area contributed by atoms with Crippen LogP contribution >= 0.6 is 11.3 Å². The van der Waals surface area contributed by atoms with E-state index in [2.05, 4.69) is 62.8 Å². The van der Waals surface area contributed by atoms with Crippen molar-refractivity contribution in [3.8, 4) is 0 Å². The molecule has 3 heteroatoms. The van der Waals surface area contributed by atoms with Gasteiger partial charge < -0.3 is 0 Å². The molecule has 0 radical (unpaired) electrons. The lowest BCUT2D eigenvalue weighted by Crippen LogP contribution is -1.93. The van der Waals surface area contributed by atoms with Gasteiger partial charge in [0.15, 0.2) is 0 Å². The molecule has 0 bridgehead atoms. The minimum atomic E-state index is 0.976. The molecule has 0 saturated heterocycles. The number of aryl methyl sites for hydroxylation is 3. The van der Waals surface area contributed by atoms with E-state index < -0.39 is 0 Å². The molecule has 0 N–H and O–H groups in total. The number of rotatable bonds is 3. The predicted octanol–water partition coefficient (Wildman–Crippen LogP) is 5.71. The summed E-state index contributed by atoms with van der Waals surface area (Å²) in [5, 5.41) is 4.45. The quantitative estimate of drug-likeness (QED) is 0.606. The summed E-state index contributed by atoms with van der Waals surface area (Å²) in [4.78, 5) is 1.41. The van der Waals surface area contributed by atoms with Gasteiger partial charge >= 0.3 is 0 Å². The highest BCUT2D eigenvalue weighted by Gasteiger charge is 2.11. The SMILES string of the molecule is C=C(C)n1nc(C)c2sc(CC)cc21.CCc1ccccc1. The fourth-order valence-corrected chi connectivity index (χ4v) is 3.29. The average Bonchev–Trinajstić information content (AvgIpc) is 3.09. The molecule has 0 aliphatic heterocycles. The Labute approximate surface area is 137 Å². The van der Waals surface area contributed by atoms with Gasteiger partial charge in [-0.15, -0.1) is 11.3 Å². The van der Waals surface area contributed by atoms with Crippen molar-refractivity contribution in [1.29, 1.82) is 0 Å². The molecule has 0 unspecified atom stereocenters. The van der Waals surface area contributed by atoms with Crippen LogP contribution in [0.3, 0.4) is 0 Å². The van der Waals surface area contributed by atoms with Gasteiger partial charge in [-0.25, -0.2) is 4.68 Å². The first-order chi connectivity index (χ1) is 10.6. The fourth-order valence-electron chi connectivity index (χ4n) is 2.28. The van der Waals surface area contributed by atoms with Crippen LogP contribution in [0.5, 0.6) is 0 Å². The van der Waals surface area contributed by atoms with Gasteiger partial charge in [0.2, 0.25) is 0 Å². The summed E-state index contributed by atoms with van der Waals surface area (Å²) in [5.41, 5.74) is 4.70. The van der Waals surface area contributed by atoms with Crippen LogP contribution in [-0.2, 0) is 12.8 Å². The highest BCUT2D eigenvalue weighted by Crippen LogP contribution is 2.29. The molecule has 0 aliphatic rings. The second-order valence-electron chi connectivity index (χ2n) is 5.35. The minimum Gasteiger partial charge on any atom is -0.237 e. The largest absolute Gasteiger partial charge is 0.237 e. The molecule has 22 heavy (non-hydrogen) atoms. The third kappa shape index (κ3) is 3.66. The van der Waals surface area contributed by atoms with Crippen LogP contribution in [0.2, 0.25) is 0 Å². The molecule has 2 aromatic heterocycles. The average molecular weight is 312 g/mol. The molecule has 2 nitrogen and oxygen atoms in total. The van der Waals surface area contributed by atoms with Crippen LogP contribution in [0.1, 0.15) is 36.9 Å². The number of hydrogen-bond acceptors (Lipinski definition) is 2. The van der Waals surface area contributed by atoms with Crippen molar-refractivity contribution in [2.75, 3.05) is 0 Å². The van der Waals surface area contributed by atoms with E-state index in [-0.39, 0.29) is 0 Å². The minimum absolute atomic E-state index is 0.976. The number of hydrogen-bond donors (Lipinski definition) is 0. The van der Waals surface area contributed by atoms with Gasteiger partial charge in [-0.2, -0.15) is 5.10 Å². The summed E-state index contributed by atoms with van der Waals surface area (Å²) < 4.78 is 3.23. The summed E-state index contributed by atoms with van der Waals surface area (Å²) in [6.45, 7) is 12.3. The topological polar surface area (TPSA) is 17.8 Å². The highest BCUT2D eigenvalue weighted by atomic mass is 32.1. The van der Waals surface area contributed by atoms with Gasteiger partial charge in [-0.05, 0) is 38.3 Å². The molecule has 0 saturated carbocycles. The molecule has 2 heterocycles. The second-order valence-corrected chi connectivity index (χ2v) is 6.49. The highest BCUT2D eigenvalue weighted by molar-refractivity contribution is 7.19. The van der Waals surface area contributed by atoms with Crippen LogP contribution in [0.15, 0.2) is 43.0 Å². The predicted molar refractivity (Wildman–Crippen MR) is 98.5 cm³/mol. The summed E-state index contributed by atoms with van der Waals surface area (Å²) in [7, 11) is 0. The summed E-state index contributed by atoms with van der Waals surface area (Å²) >= 11 is 1.84. The first-order valence-electron chi connectivity index (χ1n) is 7.74. The summed E-state index contributed by atoms with van der Waals surface area (Å²) in [5.74, 6) is 0. The van der Waals surface area contributed by atoms with Crippen LogP contribution in [0.4, 0.5) is 0 Å². The van der Waals surface area contributed by atoms with E-state index in [0.717, 1.165) is 24.2 Å². The smallest absolute Gasteiger partial charge is 0.0850 e. The van der Waals surface area contributed by atoms with Crippen molar-refractivity contribution in [3.05, 3.63) is 59.1 Å². The zero-order chi connectivity index (χ0) is 16.1. The van der Waals surface area contributed by atoms with Gasteiger partial charge in [0.05, 0.1) is 15.9 Å². The zero-order valence-electron chi connectivity index (χ0n) is 13.9. The molecule has 0 atom stereocenters. The number of benzene rings is 1. The van der Waals surface area contributed by atoms with Gasteiger partial charge in [0.25, 0.3) is 0 Å². The molecular formula is C19H24N2S. The Hall–Kier alpha value is -1.87. The van der Waals surface area contributed by atoms with E-state index in [4.69, 9.17) is 0 Å². The maximum atomic E-state index is 4.45. The molecule has 3 aromatic rings. The van der Waals surface area contributed by atoms with Gasteiger partial charge in [-0.1, -0.05) is 50.8 Å². The van der Waals surface area contributed by atoms with Crippen LogP contribution in [0.25, 0.3) is 15.9 Å². The number of fused-ring (bicyclic) bond motifs is 1. The van der Waals surface area contributed by atoms with Crippen molar-refractivity contribution >= 4 is 27.3 Å². The lowest BCUT2D eigenvalue weighted by atomic mass is 10.2. The Balaban J connectivity index is 0.000000188. The Bertz CT molecular complexity index is 750. The molecule has 0 spiro atoms. The van der Waals surface area contributed by atoms with Crippen LogP contribution in [0, 0.1) is 6.92 Å². The van der Waals surface area contributed by atoms with Crippen molar-refractivity contribution < 1.29 is 0 Å². The Morgan fingerprint density at radius 3 is 2.36 bits per heavy atom. The van der Waals surface area contributed by atoms with E-state index in [0.29, 0.717) is 0 Å². The van der Waals surface area contributed by atoms with E-state index in [9.17, 15) is 0 Å². The number of thiophene rings is 1. The van der Waals surface area contributed by atoms with Crippen molar-refractivity contribution in [1.82, 2.24) is 9.78 Å². The maximum absolute atomic E-state index is 4.45. The first kappa shape index (κ1) is 16.5. The maximum Gasteiger partial charge on any atom is 0.0850 e. The Kier molecular flexibility index (Phi) is 5.56. The van der Waals surface area contributed by atoms with E-state index in [1.807, 2.05) is 29.0 Å². The summed E-state index contributed by atoms with van der Waals surface area (Å²) in [6.07, 6.45) is 2.23. The third-order valence-electron chi connectivity index (χ3n) is 3.53. The van der Waals surface area contributed by atoms with E-state index in [1.165, 1.54) is 20.7 Å². The number of nitrogens with zero attached hydrogens (tertiary/aromatic N) is 2. The normalized spacial score (nSPS) is 10.4. The molecule has 0 fully saturated rings. The monoisotopic (exact) mass is 312 g/mol. The van der Waals surface area contributed by atoms with Crippen molar-refractivity contribution in [2.45, 2.75) is 40.5 Å². The zero-order valence-corrected chi connectivity index (χ0v) is 14.7. The molecule has 1 aromatic carbocycles. The second kappa shape index (κ2) is 7.41. The number of allylic oxidation sites excluding steroid dienone is 1. The molecule has 3 rings (SSSR count). The molecule has 116 valence electrons. The lowest BCUT2D eigenvalue weighted by Gasteiger charge is -1.98. The molecule has 0 amide bonds. The third-order valence-corrected chi connectivity index (χ3v) is 4.91. The van der Waals surface area contributed by atoms with Crippen LogP contribution in [-0.4, -0.2) is 9.78 Å². The fraction of sp³-hybridized carbons (Fsp3) is 0.316. The van der Waals surface area contributed by atoms with E-state index >= 15 is 0 Å². The standard InChI is InChI=1S/C11H14N2S.C8H10/c1-5-9-6-10-11(14-9)8(4)12-13(10)7(2)3;1-2-8-6-4-3-5-7-8/h6H,2,5H2,1,3-4H3;3-7H,2H2,1H3. The lowest BCUT2D eigenvalue weighted by molar-refractivity contribution is 0.904. The Morgan fingerprint density at radius 1 is 1.18 bits per heavy atom. The van der Waals surface area contributed by atoms with Gasteiger partial charge in [-0.3, -0.25) is 0 Å². The number of aromatic nitrogens is 2. The Morgan fingerprint density at radius 2 is 1.86 bits per heavy atom. The van der Waals surface area contributed by atoms with Crippen molar-refractivity contribution in [3.63, 3.8) is 0 Å². The van der Waals surface area contributed by atoms with Gasteiger partial charge in [0, 0.05) is 10.6 Å². The molecular weight excluding hydrogens is 288 g/mol. The summed E-state index contributed by atoms with van der Waals surface area (Å²) in [6, 6.07) is 12.7. The van der Waals surface area contributed by atoms with Crippen molar-refractivity contribution in [2.24, 2.45) is 0 Å².